The van der Waals surface area contributed by atoms with Crippen molar-refractivity contribution in [2.45, 2.75) is 13.3 Å². The van der Waals surface area contributed by atoms with E-state index in [0.29, 0.717) is 10.2 Å². The Morgan fingerprint density at radius 2 is 2.28 bits per heavy atom. The Kier molecular flexibility index (Phi) is 4.15. The van der Waals surface area contributed by atoms with E-state index in [0.717, 1.165) is 13.0 Å². The van der Waals surface area contributed by atoms with Crippen molar-refractivity contribution in [3.05, 3.63) is 56.4 Å². The third kappa shape index (κ3) is 3.20. The van der Waals surface area contributed by atoms with Gasteiger partial charge in [0, 0.05) is 6.54 Å². The largest absolute Gasteiger partial charge is 0.382 e. The van der Waals surface area contributed by atoms with E-state index in [-0.39, 0.29) is 5.56 Å². The van der Waals surface area contributed by atoms with Crippen LogP contribution >= 0.6 is 15.9 Å². The number of hydrogen-bond donors (Lipinski definition) is 2. The summed E-state index contributed by atoms with van der Waals surface area (Å²) in [6.45, 7) is 2.83. The normalized spacial score (nSPS) is 10.3. The van der Waals surface area contributed by atoms with Crippen LogP contribution < -0.4 is 10.9 Å². The van der Waals surface area contributed by atoms with E-state index in [2.05, 4.69) is 62.6 Å². The molecule has 18 heavy (non-hydrogen) atoms. The summed E-state index contributed by atoms with van der Waals surface area (Å²) >= 11 is 3.23. The number of aromatic amines is 1. The lowest BCUT2D eigenvalue weighted by atomic mass is 10.1. The van der Waals surface area contributed by atoms with E-state index >= 15 is 0 Å². The molecule has 0 bridgehead atoms. The lowest BCUT2D eigenvalue weighted by Gasteiger charge is -2.07. The number of anilines is 1. The van der Waals surface area contributed by atoms with Crippen molar-refractivity contribution in [3.8, 4) is 0 Å². The fourth-order valence-corrected chi connectivity index (χ4v) is 2.05. The highest BCUT2D eigenvalue weighted by atomic mass is 79.9. The van der Waals surface area contributed by atoms with Gasteiger partial charge in [-0.2, -0.15) is 5.10 Å². The van der Waals surface area contributed by atoms with Gasteiger partial charge in [0.05, 0.1) is 11.9 Å². The quantitative estimate of drug-likeness (QED) is 0.912. The molecule has 0 radical (unpaired) electrons. The van der Waals surface area contributed by atoms with Crippen molar-refractivity contribution < 1.29 is 0 Å². The molecule has 0 saturated carbocycles. The van der Waals surface area contributed by atoms with Crippen molar-refractivity contribution in [2.75, 3.05) is 11.9 Å². The average Bonchev–Trinajstić information content (AvgIpc) is 2.35. The first-order valence-electron chi connectivity index (χ1n) is 5.69. The van der Waals surface area contributed by atoms with Gasteiger partial charge < -0.3 is 5.32 Å². The maximum atomic E-state index is 11.3. The number of halogens is 1. The van der Waals surface area contributed by atoms with Gasteiger partial charge in [-0.15, -0.1) is 0 Å². The van der Waals surface area contributed by atoms with E-state index in [1.54, 1.807) is 6.20 Å². The predicted octanol–water partition coefficient (Wildman–Crippen LogP) is 2.50. The molecule has 2 aromatic rings. The van der Waals surface area contributed by atoms with E-state index < -0.39 is 0 Å². The van der Waals surface area contributed by atoms with Crippen LogP contribution in [-0.2, 0) is 6.42 Å². The summed E-state index contributed by atoms with van der Waals surface area (Å²) in [4.78, 5) is 11.3. The Labute approximate surface area is 114 Å². The van der Waals surface area contributed by atoms with Crippen LogP contribution in [0.3, 0.4) is 0 Å². The highest BCUT2D eigenvalue weighted by molar-refractivity contribution is 9.10. The summed E-state index contributed by atoms with van der Waals surface area (Å²) in [5.74, 6) is 0. The van der Waals surface area contributed by atoms with E-state index in [4.69, 9.17) is 0 Å². The van der Waals surface area contributed by atoms with Crippen LogP contribution in [0.4, 0.5) is 5.69 Å². The van der Waals surface area contributed by atoms with Crippen LogP contribution in [0.2, 0.25) is 0 Å². The number of aromatic nitrogens is 2. The molecule has 1 aromatic heterocycles. The fraction of sp³-hybridized carbons (Fsp3) is 0.231. The molecule has 2 N–H and O–H groups in total. The predicted molar refractivity (Wildman–Crippen MR) is 75.9 cm³/mol. The Morgan fingerprint density at radius 3 is 3.06 bits per heavy atom. The second-order valence-corrected chi connectivity index (χ2v) is 4.89. The minimum atomic E-state index is -0.226. The van der Waals surface area contributed by atoms with E-state index in [1.165, 1.54) is 11.1 Å². The number of nitrogens with one attached hydrogen (secondary N) is 2. The molecule has 4 nitrogen and oxygen atoms in total. The van der Waals surface area contributed by atoms with Gasteiger partial charge in [-0.25, -0.2) is 5.10 Å². The van der Waals surface area contributed by atoms with Crippen LogP contribution in [0, 0.1) is 6.92 Å². The summed E-state index contributed by atoms with van der Waals surface area (Å²) in [5, 5.41) is 9.31. The molecule has 0 aliphatic heterocycles. The minimum absolute atomic E-state index is 0.226. The van der Waals surface area contributed by atoms with Crippen LogP contribution in [0.5, 0.6) is 0 Å². The summed E-state index contributed by atoms with van der Waals surface area (Å²) in [6, 6.07) is 8.39. The Morgan fingerprint density at radius 1 is 1.44 bits per heavy atom. The number of aryl methyl sites for hydroxylation is 1. The fourth-order valence-electron chi connectivity index (χ4n) is 1.72. The molecule has 0 atom stereocenters. The highest BCUT2D eigenvalue weighted by Gasteiger charge is 2.03. The van der Waals surface area contributed by atoms with Crippen molar-refractivity contribution in [2.24, 2.45) is 0 Å². The second kappa shape index (κ2) is 5.82. The Hall–Kier alpha value is -1.62. The molecule has 0 spiro atoms. The average molecular weight is 308 g/mol. The van der Waals surface area contributed by atoms with Crippen molar-refractivity contribution >= 4 is 21.6 Å². The first kappa shape index (κ1) is 12.8. The molecule has 0 saturated heterocycles. The third-order valence-electron chi connectivity index (χ3n) is 2.61. The maximum absolute atomic E-state index is 11.3. The van der Waals surface area contributed by atoms with Gasteiger partial charge in [0.1, 0.15) is 4.47 Å². The summed E-state index contributed by atoms with van der Waals surface area (Å²) < 4.78 is 0.488. The van der Waals surface area contributed by atoms with Crippen LogP contribution in [0.25, 0.3) is 0 Å². The lowest BCUT2D eigenvalue weighted by Crippen LogP contribution is -2.13. The molecule has 0 fully saturated rings. The maximum Gasteiger partial charge on any atom is 0.280 e. The van der Waals surface area contributed by atoms with Gasteiger partial charge in [0.15, 0.2) is 0 Å². The summed E-state index contributed by atoms with van der Waals surface area (Å²) in [7, 11) is 0. The van der Waals surface area contributed by atoms with Gasteiger partial charge in [-0.3, -0.25) is 4.79 Å². The molecule has 2 rings (SSSR count). The zero-order valence-corrected chi connectivity index (χ0v) is 11.6. The highest BCUT2D eigenvalue weighted by Crippen LogP contribution is 2.15. The van der Waals surface area contributed by atoms with Crippen molar-refractivity contribution in [1.82, 2.24) is 10.2 Å². The van der Waals surface area contributed by atoms with Crippen molar-refractivity contribution in [3.63, 3.8) is 0 Å². The standard InChI is InChI=1S/C13H14BrN3O/c1-9-3-2-4-10(7-9)5-6-15-11-8-16-17-13(18)12(11)14/h2-4,7-8H,5-6H2,1H3,(H2,15,17,18). The van der Waals surface area contributed by atoms with Gasteiger partial charge >= 0.3 is 0 Å². The molecule has 1 heterocycles. The summed E-state index contributed by atoms with van der Waals surface area (Å²) in [6.07, 6.45) is 2.50. The number of H-pyrrole nitrogens is 1. The second-order valence-electron chi connectivity index (χ2n) is 4.09. The topological polar surface area (TPSA) is 57.8 Å². The molecule has 0 aliphatic rings. The zero-order valence-electron chi connectivity index (χ0n) is 10.0. The van der Waals surface area contributed by atoms with Gasteiger partial charge in [-0.05, 0) is 34.8 Å². The molecule has 0 amide bonds. The van der Waals surface area contributed by atoms with Crippen molar-refractivity contribution in [1.29, 1.82) is 0 Å². The number of rotatable bonds is 4. The Balaban J connectivity index is 1.97. The minimum Gasteiger partial charge on any atom is -0.382 e. The van der Waals surface area contributed by atoms with Gasteiger partial charge in [0.2, 0.25) is 0 Å². The van der Waals surface area contributed by atoms with Crippen LogP contribution in [0.15, 0.2) is 39.7 Å². The third-order valence-corrected chi connectivity index (χ3v) is 3.39. The van der Waals surface area contributed by atoms with E-state index in [9.17, 15) is 4.79 Å². The van der Waals surface area contributed by atoms with Crippen LogP contribution in [-0.4, -0.2) is 16.7 Å². The lowest BCUT2D eigenvalue weighted by molar-refractivity contribution is 0.959. The molecule has 5 heteroatoms. The molecule has 94 valence electrons. The first-order valence-corrected chi connectivity index (χ1v) is 6.49. The number of benzene rings is 1. The molecular formula is C13H14BrN3O. The van der Waals surface area contributed by atoms with Crippen LogP contribution in [0.1, 0.15) is 11.1 Å². The van der Waals surface area contributed by atoms with E-state index in [1.807, 2.05) is 0 Å². The van der Waals surface area contributed by atoms with Gasteiger partial charge in [0.25, 0.3) is 5.56 Å². The van der Waals surface area contributed by atoms with Gasteiger partial charge in [-0.1, -0.05) is 29.8 Å². The number of nitrogens with zero attached hydrogens (tertiary/aromatic N) is 1. The SMILES string of the molecule is Cc1cccc(CCNc2cn[nH]c(=O)c2Br)c1. The molecule has 0 unspecified atom stereocenters. The summed E-state index contributed by atoms with van der Waals surface area (Å²) in [5.41, 5.74) is 3.02. The molecule has 0 aliphatic carbocycles. The molecule has 1 aromatic carbocycles. The smallest absolute Gasteiger partial charge is 0.280 e. The monoisotopic (exact) mass is 307 g/mol. The Bertz CT molecular complexity index is 595. The number of hydrogen-bond acceptors (Lipinski definition) is 3. The zero-order chi connectivity index (χ0) is 13.0. The molecular weight excluding hydrogens is 294 g/mol. The first-order chi connectivity index (χ1) is 8.66.